The van der Waals surface area contributed by atoms with Crippen molar-refractivity contribution < 1.29 is 14.2 Å². The van der Waals surface area contributed by atoms with Crippen molar-refractivity contribution in [2.75, 3.05) is 0 Å². The number of aliphatic hydroxyl groups is 1. The highest BCUT2D eigenvalue weighted by Gasteiger charge is 2.41. The summed E-state index contributed by atoms with van der Waals surface area (Å²) < 4.78 is 19.0. The number of halogens is 1. The summed E-state index contributed by atoms with van der Waals surface area (Å²) in [5, 5.41) is 9.46. The van der Waals surface area contributed by atoms with Gasteiger partial charge in [0.2, 0.25) is 6.23 Å². The molecule has 3 atom stereocenters. The lowest BCUT2D eigenvalue weighted by atomic mass is 10.2. The number of aliphatic hydroxyl groups excluding tert-OH is 1. The monoisotopic (exact) mass is 228 g/mol. The molecule has 1 saturated heterocycles. The maximum Gasteiger partial charge on any atom is 0.331 e. The van der Waals surface area contributed by atoms with Gasteiger partial charge in [-0.1, -0.05) is 6.58 Å². The third kappa shape index (κ3) is 1.54. The van der Waals surface area contributed by atoms with Gasteiger partial charge in [0.25, 0.3) is 5.56 Å². The normalized spacial score (nSPS) is 29.1. The first-order chi connectivity index (χ1) is 7.50. The zero-order valence-electron chi connectivity index (χ0n) is 8.09. The van der Waals surface area contributed by atoms with E-state index in [1.165, 1.54) is 0 Å². The molecule has 0 unspecified atom stereocenters. The molecule has 1 aromatic rings. The highest BCUT2D eigenvalue weighted by atomic mass is 19.1. The molecule has 0 aromatic carbocycles. The Bertz CT molecular complexity index is 535. The minimum absolute atomic E-state index is 0.240. The summed E-state index contributed by atoms with van der Waals surface area (Å²) >= 11 is 0. The Morgan fingerprint density at radius 2 is 2.25 bits per heavy atom. The summed E-state index contributed by atoms with van der Waals surface area (Å²) in [5.74, 6) is -0.240. The van der Waals surface area contributed by atoms with Gasteiger partial charge < -0.3 is 9.84 Å². The van der Waals surface area contributed by atoms with Crippen molar-refractivity contribution in [2.45, 2.75) is 18.5 Å². The average Bonchev–Trinajstić information content (AvgIpc) is 2.46. The highest BCUT2D eigenvalue weighted by Crippen LogP contribution is 2.31. The van der Waals surface area contributed by atoms with E-state index in [-0.39, 0.29) is 5.76 Å². The van der Waals surface area contributed by atoms with Crippen LogP contribution in [0.3, 0.4) is 0 Å². The van der Waals surface area contributed by atoms with E-state index >= 15 is 0 Å². The van der Waals surface area contributed by atoms with Crippen LogP contribution in [0, 0.1) is 0 Å². The third-order valence-electron chi connectivity index (χ3n) is 2.30. The zero-order valence-corrected chi connectivity index (χ0v) is 8.09. The van der Waals surface area contributed by atoms with Crippen LogP contribution in [0.15, 0.2) is 34.2 Å². The SMILES string of the molecule is C=C1O[C@@H](n2ccc(=O)[nH]c2=O)[C@H](O)[C@@H]1F. The molecule has 0 aliphatic carbocycles. The quantitative estimate of drug-likeness (QED) is 0.664. The smallest absolute Gasteiger partial charge is 0.331 e. The number of hydrogen-bond donors (Lipinski definition) is 2. The van der Waals surface area contributed by atoms with Crippen LogP contribution in [-0.4, -0.2) is 26.9 Å². The first-order valence-corrected chi connectivity index (χ1v) is 4.50. The highest BCUT2D eigenvalue weighted by molar-refractivity contribution is 5.05. The number of nitrogens with zero attached hydrogens (tertiary/aromatic N) is 1. The first-order valence-electron chi connectivity index (χ1n) is 4.50. The van der Waals surface area contributed by atoms with Crippen LogP contribution in [0.5, 0.6) is 0 Å². The van der Waals surface area contributed by atoms with Crippen LogP contribution in [-0.2, 0) is 4.74 Å². The van der Waals surface area contributed by atoms with Gasteiger partial charge in [0.1, 0.15) is 11.9 Å². The second kappa shape index (κ2) is 3.60. The topological polar surface area (TPSA) is 84.3 Å². The molecule has 2 heterocycles. The molecule has 86 valence electrons. The van der Waals surface area contributed by atoms with E-state index < -0.39 is 29.8 Å². The fourth-order valence-corrected chi connectivity index (χ4v) is 1.47. The van der Waals surface area contributed by atoms with Crippen molar-refractivity contribution in [2.24, 2.45) is 0 Å². The lowest BCUT2D eigenvalue weighted by Crippen LogP contribution is -2.36. The number of alkyl halides is 1. The molecule has 1 aliphatic rings. The van der Waals surface area contributed by atoms with Gasteiger partial charge >= 0.3 is 5.69 Å². The maximum atomic E-state index is 13.2. The molecule has 0 bridgehead atoms. The van der Waals surface area contributed by atoms with E-state index in [4.69, 9.17) is 4.74 Å². The first kappa shape index (κ1) is 10.6. The molecule has 2 rings (SSSR count). The predicted molar refractivity (Wildman–Crippen MR) is 51.5 cm³/mol. The van der Waals surface area contributed by atoms with Gasteiger partial charge in [-0.2, -0.15) is 0 Å². The lowest BCUT2D eigenvalue weighted by Gasteiger charge is -2.15. The summed E-state index contributed by atoms with van der Waals surface area (Å²) in [4.78, 5) is 24.1. The molecule has 0 amide bonds. The van der Waals surface area contributed by atoms with Crippen molar-refractivity contribution >= 4 is 0 Å². The van der Waals surface area contributed by atoms with Gasteiger partial charge in [-0.3, -0.25) is 14.3 Å². The number of ether oxygens (including phenoxy) is 1. The third-order valence-corrected chi connectivity index (χ3v) is 2.30. The van der Waals surface area contributed by atoms with Gasteiger partial charge in [0.05, 0.1) is 0 Å². The van der Waals surface area contributed by atoms with Crippen molar-refractivity contribution in [3.63, 3.8) is 0 Å². The van der Waals surface area contributed by atoms with Crippen LogP contribution < -0.4 is 11.2 Å². The summed E-state index contributed by atoms with van der Waals surface area (Å²) in [6, 6.07) is 1.08. The van der Waals surface area contributed by atoms with Gasteiger partial charge in [-0.25, -0.2) is 9.18 Å². The minimum Gasteiger partial charge on any atom is -0.469 e. The summed E-state index contributed by atoms with van der Waals surface area (Å²) in [5.41, 5.74) is -1.36. The van der Waals surface area contributed by atoms with E-state index in [1.54, 1.807) is 0 Å². The standard InChI is InChI=1S/C9H9FN2O4/c1-4-6(10)7(14)8(16-4)12-3-2-5(13)11-9(12)15/h2-3,6-8,14H,1H2,(H,11,13,15)/t6-,7-,8-/m1/s1. The van der Waals surface area contributed by atoms with Crippen molar-refractivity contribution in [3.8, 4) is 0 Å². The van der Waals surface area contributed by atoms with Gasteiger partial charge in [0.15, 0.2) is 6.17 Å². The summed E-state index contributed by atoms with van der Waals surface area (Å²) in [6.45, 7) is 3.26. The largest absolute Gasteiger partial charge is 0.469 e. The van der Waals surface area contributed by atoms with E-state index in [0.717, 1.165) is 16.8 Å². The Morgan fingerprint density at radius 1 is 1.56 bits per heavy atom. The Hall–Kier alpha value is -1.89. The second-order valence-electron chi connectivity index (χ2n) is 3.38. The molecule has 6 nitrogen and oxygen atoms in total. The Kier molecular flexibility index (Phi) is 2.39. The number of H-pyrrole nitrogens is 1. The van der Waals surface area contributed by atoms with Crippen LogP contribution in [0.1, 0.15) is 6.23 Å². The van der Waals surface area contributed by atoms with Crippen LogP contribution >= 0.6 is 0 Å². The second-order valence-corrected chi connectivity index (χ2v) is 3.38. The molecule has 1 aromatic heterocycles. The molecule has 1 fully saturated rings. The lowest BCUT2D eigenvalue weighted by molar-refractivity contribution is -0.00487. The fourth-order valence-electron chi connectivity index (χ4n) is 1.47. The molecule has 0 saturated carbocycles. The molecule has 1 aliphatic heterocycles. The van der Waals surface area contributed by atoms with Crippen LogP contribution in [0.25, 0.3) is 0 Å². The number of rotatable bonds is 1. The molecule has 0 radical (unpaired) electrons. The average molecular weight is 228 g/mol. The molecular formula is C9H9FN2O4. The number of nitrogens with one attached hydrogen (secondary N) is 1. The molecular weight excluding hydrogens is 219 g/mol. The molecule has 16 heavy (non-hydrogen) atoms. The number of hydrogen-bond acceptors (Lipinski definition) is 4. The number of aromatic amines is 1. The van der Waals surface area contributed by atoms with Gasteiger partial charge in [-0.15, -0.1) is 0 Å². The minimum atomic E-state index is -1.75. The summed E-state index contributed by atoms with van der Waals surface area (Å²) in [7, 11) is 0. The van der Waals surface area contributed by atoms with E-state index in [9.17, 15) is 19.1 Å². The van der Waals surface area contributed by atoms with E-state index in [1.807, 2.05) is 4.98 Å². The molecule has 7 heteroatoms. The Balaban J connectivity index is 2.43. The van der Waals surface area contributed by atoms with Crippen LogP contribution in [0.2, 0.25) is 0 Å². The maximum absolute atomic E-state index is 13.2. The fraction of sp³-hybridized carbons (Fsp3) is 0.333. The summed E-state index contributed by atoms with van der Waals surface area (Å²) in [6.07, 6.45) is -3.34. The van der Waals surface area contributed by atoms with Crippen molar-refractivity contribution in [3.05, 3.63) is 45.4 Å². The Morgan fingerprint density at radius 3 is 2.75 bits per heavy atom. The number of aromatic nitrogens is 2. The Labute approximate surface area is 88.6 Å². The van der Waals surface area contributed by atoms with E-state index in [0.29, 0.717) is 0 Å². The van der Waals surface area contributed by atoms with Gasteiger partial charge in [0, 0.05) is 12.3 Å². The predicted octanol–water partition coefficient (Wildman–Crippen LogP) is -0.722. The van der Waals surface area contributed by atoms with Gasteiger partial charge in [-0.05, 0) is 0 Å². The van der Waals surface area contributed by atoms with E-state index in [2.05, 4.69) is 6.58 Å². The van der Waals surface area contributed by atoms with Crippen LogP contribution in [0.4, 0.5) is 4.39 Å². The van der Waals surface area contributed by atoms with Crippen molar-refractivity contribution in [1.82, 2.24) is 9.55 Å². The van der Waals surface area contributed by atoms with Crippen molar-refractivity contribution in [1.29, 1.82) is 0 Å². The molecule has 2 N–H and O–H groups in total. The zero-order chi connectivity index (χ0) is 11.9. The molecule has 0 spiro atoms.